The molecule has 1 aromatic heterocycles. The van der Waals surface area contributed by atoms with Crippen LogP contribution in [0.5, 0.6) is 5.75 Å². The van der Waals surface area contributed by atoms with Crippen LogP contribution in [0.25, 0.3) is 11.3 Å². The van der Waals surface area contributed by atoms with E-state index in [-0.39, 0.29) is 0 Å². The quantitative estimate of drug-likeness (QED) is 0.851. The monoisotopic (exact) mass is 245 g/mol. The maximum atomic E-state index is 5.24. The van der Waals surface area contributed by atoms with Gasteiger partial charge in [0.2, 0.25) is 0 Å². The van der Waals surface area contributed by atoms with Crippen molar-refractivity contribution in [3.8, 4) is 17.0 Å². The van der Waals surface area contributed by atoms with Crippen LogP contribution in [0.2, 0.25) is 0 Å². The van der Waals surface area contributed by atoms with E-state index in [1.165, 1.54) is 0 Å². The minimum atomic E-state index is 0.457. The van der Waals surface area contributed by atoms with Crippen molar-refractivity contribution in [2.75, 3.05) is 7.11 Å². The molecule has 4 heteroatoms. The topological polar surface area (TPSA) is 49.9 Å². The number of nitrogens with one attached hydrogen (secondary N) is 2. The van der Waals surface area contributed by atoms with E-state index in [0.717, 1.165) is 29.1 Å². The maximum Gasteiger partial charge on any atom is 0.119 e. The number of H-pyrrole nitrogens is 1. The highest BCUT2D eigenvalue weighted by Gasteiger charge is 2.08. The minimum Gasteiger partial charge on any atom is -0.497 e. The third kappa shape index (κ3) is 2.90. The molecule has 0 fully saturated rings. The first kappa shape index (κ1) is 12.6. The van der Waals surface area contributed by atoms with Gasteiger partial charge in [0.05, 0.1) is 19.0 Å². The summed E-state index contributed by atoms with van der Waals surface area (Å²) in [6.07, 6.45) is 1.87. The number of nitrogens with zero attached hydrogens (tertiary/aromatic N) is 1. The molecule has 0 aliphatic rings. The predicted molar refractivity (Wildman–Crippen MR) is 72.6 cm³/mol. The van der Waals surface area contributed by atoms with E-state index in [1.807, 2.05) is 24.4 Å². The molecule has 2 rings (SSSR count). The van der Waals surface area contributed by atoms with E-state index < -0.39 is 0 Å². The molecule has 2 aromatic rings. The first-order valence-corrected chi connectivity index (χ1v) is 6.10. The fraction of sp³-hybridized carbons (Fsp3) is 0.357. The van der Waals surface area contributed by atoms with E-state index in [4.69, 9.17) is 4.74 Å². The number of benzene rings is 1. The van der Waals surface area contributed by atoms with Crippen molar-refractivity contribution in [1.82, 2.24) is 15.5 Å². The molecular formula is C14H19N3O. The van der Waals surface area contributed by atoms with Gasteiger partial charge in [0.25, 0.3) is 0 Å². The summed E-state index contributed by atoms with van der Waals surface area (Å²) in [7, 11) is 1.67. The van der Waals surface area contributed by atoms with Crippen LogP contribution in [-0.4, -0.2) is 23.3 Å². The molecule has 96 valence electrons. The van der Waals surface area contributed by atoms with Crippen LogP contribution < -0.4 is 10.1 Å². The van der Waals surface area contributed by atoms with Crippen LogP contribution in [0, 0.1) is 0 Å². The third-order valence-corrected chi connectivity index (χ3v) is 2.78. The average Bonchev–Trinajstić information content (AvgIpc) is 2.84. The molecule has 1 aromatic carbocycles. The third-order valence-electron chi connectivity index (χ3n) is 2.78. The summed E-state index contributed by atoms with van der Waals surface area (Å²) in [5, 5.41) is 10.6. The summed E-state index contributed by atoms with van der Waals surface area (Å²) in [5.74, 6) is 0.852. The summed E-state index contributed by atoms with van der Waals surface area (Å²) in [5.41, 5.74) is 3.30. The molecule has 0 radical (unpaired) electrons. The van der Waals surface area contributed by atoms with Gasteiger partial charge in [-0.05, 0) is 12.1 Å². The fourth-order valence-electron chi connectivity index (χ4n) is 1.79. The van der Waals surface area contributed by atoms with Crippen LogP contribution in [0.1, 0.15) is 19.4 Å². The first-order valence-electron chi connectivity index (χ1n) is 6.10. The molecule has 0 saturated heterocycles. The lowest BCUT2D eigenvalue weighted by Crippen LogP contribution is -2.21. The van der Waals surface area contributed by atoms with Crippen molar-refractivity contribution < 1.29 is 4.74 Å². The molecular weight excluding hydrogens is 226 g/mol. The second kappa shape index (κ2) is 5.69. The van der Waals surface area contributed by atoms with Gasteiger partial charge in [0.1, 0.15) is 5.75 Å². The van der Waals surface area contributed by atoms with Gasteiger partial charge in [-0.2, -0.15) is 5.10 Å². The molecule has 0 saturated carbocycles. The maximum absolute atomic E-state index is 5.24. The SMILES string of the molecule is COc1cccc(-c2[nH]ncc2CNC(C)C)c1. The number of aromatic amines is 1. The van der Waals surface area contributed by atoms with E-state index >= 15 is 0 Å². The van der Waals surface area contributed by atoms with E-state index in [1.54, 1.807) is 7.11 Å². The second-order valence-corrected chi connectivity index (χ2v) is 4.54. The Morgan fingerprint density at radius 1 is 1.39 bits per heavy atom. The van der Waals surface area contributed by atoms with Gasteiger partial charge >= 0.3 is 0 Å². The molecule has 0 atom stereocenters. The van der Waals surface area contributed by atoms with E-state index in [9.17, 15) is 0 Å². The number of rotatable bonds is 5. The standard InChI is InChI=1S/C14H19N3O/c1-10(2)15-8-12-9-16-17-14(12)11-5-4-6-13(7-11)18-3/h4-7,9-10,15H,8H2,1-3H3,(H,16,17). The lowest BCUT2D eigenvalue weighted by atomic mass is 10.1. The zero-order valence-electron chi connectivity index (χ0n) is 11.0. The molecule has 0 aliphatic carbocycles. The van der Waals surface area contributed by atoms with E-state index in [0.29, 0.717) is 6.04 Å². The van der Waals surface area contributed by atoms with E-state index in [2.05, 4.69) is 35.4 Å². The van der Waals surface area contributed by atoms with Crippen LogP contribution in [0.4, 0.5) is 0 Å². The van der Waals surface area contributed by atoms with Crippen molar-refractivity contribution in [3.63, 3.8) is 0 Å². The van der Waals surface area contributed by atoms with Gasteiger partial charge in [-0.25, -0.2) is 0 Å². The van der Waals surface area contributed by atoms with Gasteiger partial charge in [0, 0.05) is 23.7 Å². The summed E-state index contributed by atoms with van der Waals surface area (Å²) in [6, 6.07) is 8.43. The molecule has 18 heavy (non-hydrogen) atoms. The van der Waals surface area contributed by atoms with Crippen molar-refractivity contribution in [3.05, 3.63) is 36.0 Å². The van der Waals surface area contributed by atoms with Crippen molar-refractivity contribution in [2.24, 2.45) is 0 Å². The Hall–Kier alpha value is -1.81. The van der Waals surface area contributed by atoms with Crippen LogP contribution in [-0.2, 0) is 6.54 Å². The average molecular weight is 245 g/mol. The Morgan fingerprint density at radius 2 is 2.22 bits per heavy atom. The van der Waals surface area contributed by atoms with Crippen LogP contribution >= 0.6 is 0 Å². The molecule has 0 unspecified atom stereocenters. The number of hydrogen-bond acceptors (Lipinski definition) is 3. The summed E-state index contributed by atoms with van der Waals surface area (Å²) in [6.45, 7) is 5.07. The van der Waals surface area contributed by atoms with Gasteiger partial charge in [0.15, 0.2) is 0 Å². The molecule has 2 N–H and O–H groups in total. The Bertz CT molecular complexity index is 505. The number of ether oxygens (including phenoxy) is 1. The van der Waals surface area contributed by atoms with Crippen molar-refractivity contribution in [2.45, 2.75) is 26.4 Å². The molecule has 0 aliphatic heterocycles. The zero-order chi connectivity index (χ0) is 13.0. The normalized spacial score (nSPS) is 10.9. The zero-order valence-corrected chi connectivity index (χ0v) is 11.0. The van der Waals surface area contributed by atoms with Gasteiger partial charge in [-0.1, -0.05) is 26.0 Å². The number of hydrogen-bond donors (Lipinski definition) is 2. The van der Waals surface area contributed by atoms with Crippen LogP contribution in [0.15, 0.2) is 30.5 Å². The Labute approximate surface area is 107 Å². The highest BCUT2D eigenvalue weighted by atomic mass is 16.5. The molecule has 4 nitrogen and oxygen atoms in total. The van der Waals surface area contributed by atoms with Gasteiger partial charge in [-0.15, -0.1) is 0 Å². The summed E-state index contributed by atoms with van der Waals surface area (Å²) < 4.78 is 5.24. The Kier molecular flexibility index (Phi) is 3.99. The molecule has 0 amide bonds. The van der Waals surface area contributed by atoms with Crippen molar-refractivity contribution in [1.29, 1.82) is 0 Å². The molecule has 1 heterocycles. The van der Waals surface area contributed by atoms with Crippen molar-refractivity contribution >= 4 is 0 Å². The Balaban J connectivity index is 2.24. The largest absolute Gasteiger partial charge is 0.497 e. The fourth-order valence-corrected chi connectivity index (χ4v) is 1.79. The van der Waals surface area contributed by atoms with Crippen LogP contribution in [0.3, 0.4) is 0 Å². The predicted octanol–water partition coefficient (Wildman–Crippen LogP) is 2.58. The number of methoxy groups -OCH3 is 1. The van der Waals surface area contributed by atoms with Gasteiger partial charge in [-0.3, -0.25) is 5.10 Å². The number of aromatic nitrogens is 2. The second-order valence-electron chi connectivity index (χ2n) is 4.54. The Morgan fingerprint density at radius 3 is 2.94 bits per heavy atom. The first-order chi connectivity index (χ1) is 8.70. The smallest absolute Gasteiger partial charge is 0.119 e. The summed E-state index contributed by atoms with van der Waals surface area (Å²) >= 11 is 0. The molecule has 0 bridgehead atoms. The summed E-state index contributed by atoms with van der Waals surface area (Å²) in [4.78, 5) is 0. The van der Waals surface area contributed by atoms with Gasteiger partial charge < -0.3 is 10.1 Å². The lowest BCUT2D eigenvalue weighted by molar-refractivity contribution is 0.415. The minimum absolute atomic E-state index is 0.457. The lowest BCUT2D eigenvalue weighted by Gasteiger charge is -2.09. The molecule has 0 spiro atoms. The highest BCUT2D eigenvalue weighted by molar-refractivity contribution is 5.64. The highest BCUT2D eigenvalue weighted by Crippen LogP contribution is 2.24.